The maximum atomic E-state index is 2.38. The Bertz CT molecular complexity index is 644. The number of benzene rings is 1. The average Bonchev–Trinajstić information content (AvgIpc) is 2.84. The van der Waals surface area contributed by atoms with Crippen molar-refractivity contribution in [1.82, 2.24) is 0 Å². The molecule has 0 radical (unpaired) electrons. The van der Waals surface area contributed by atoms with Crippen molar-refractivity contribution < 1.29 is 0 Å². The van der Waals surface area contributed by atoms with E-state index in [2.05, 4.69) is 37.3 Å². The van der Waals surface area contributed by atoms with E-state index in [-0.39, 0.29) is 0 Å². The summed E-state index contributed by atoms with van der Waals surface area (Å²) in [6, 6.07) is 8.93. The third-order valence-electron chi connectivity index (χ3n) is 3.85. The van der Waals surface area contributed by atoms with Crippen molar-refractivity contribution in [3.63, 3.8) is 0 Å². The van der Waals surface area contributed by atoms with Gasteiger partial charge in [0.1, 0.15) is 0 Å². The molecule has 0 nitrogen and oxygen atoms in total. The van der Waals surface area contributed by atoms with Crippen LogP contribution in [0.4, 0.5) is 0 Å². The van der Waals surface area contributed by atoms with Gasteiger partial charge in [0, 0.05) is 9.75 Å². The van der Waals surface area contributed by atoms with Gasteiger partial charge in [-0.1, -0.05) is 29.8 Å². The van der Waals surface area contributed by atoms with Crippen molar-refractivity contribution in [1.29, 1.82) is 0 Å². The van der Waals surface area contributed by atoms with E-state index in [0.29, 0.717) is 0 Å². The van der Waals surface area contributed by atoms with Crippen LogP contribution in [-0.4, -0.2) is 0 Å². The maximum Gasteiger partial charge on any atom is 0.0314 e. The van der Waals surface area contributed by atoms with E-state index in [4.69, 9.17) is 0 Å². The average molecular weight is 238 g/mol. The van der Waals surface area contributed by atoms with Gasteiger partial charge in [-0.25, -0.2) is 0 Å². The van der Waals surface area contributed by atoms with Gasteiger partial charge in [-0.05, 0) is 54.5 Å². The van der Waals surface area contributed by atoms with Crippen LogP contribution in [0.3, 0.4) is 0 Å². The molecule has 0 bridgehead atoms. The molecular formula is C16H14S. The highest BCUT2D eigenvalue weighted by Gasteiger charge is 2.25. The van der Waals surface area contributed by atoms with Gasteiger partial charge in [0.15, 0.2) is 0 Å². The summed E-state index contributed by atoms with van der Waals surface area (Å²) in [5.74, 6) is 0. The van der Waals surface area contributed by atoms with Crippen molar-refractivity contribution in [2.24, 2.45) is 0 Å². The predicted molar refractivity (Wildman–Crippen MR) is 74.5 cm³/mol. The number of fused-ring (bicyclic) bond motifs is 5. The smallest absolute Gasteiger partial charge is 0.0314 e. The van der Waals surface area contributed by atoms with Gasteiger partial charge < -0.3 is 0 Å². The zero-order valence-electron chi connectivity index (χ0n) is 9.92. The molecule has 0 amide bonds. The number of aryl methyl sites for hydroxylation is 2. The molecule has 0 unspecified atom stereocenters. The van der Waals surface area contributed by atoms with Gasteiger partial charge in [0.2, 0.25) is 0 Å². The Kier molecular flexibility index (Phi) is 1.89. The van der Waals surface area contributed by atoms with Gasteiger partial charge in [0.25, 0.3) is 0 Å². The Hall–Kier alpha value is -1.34. The van der Waals surface area contributed by atoms with Crippen LogP contribution in [0.5, 0.6) is 0 Å². The van der Waals surface area contributed by atoms with E-state index in [0.717, 1.165) is 6.42 Å². The Morgan fingerprint density at radius 3 is 2.94 bits per heavy atom. The lowest BCUT2D eigenvalue weighted by Crippen LogP contribution is -2.02. The second kappa shape index (κ2) is 3.33. The van der Waals surface area contributed by atoms with Crippen molar-refractivity contribution >= 4 is 17.4 Å². The molecule has 0 atom stereocenters. The maximum absolute atomic E-state index is 2.38. The molecule has 0 saturated heterocycles. The molecule has 1 heterocycles. The topological polar surface area (TPSA) is 0 Å². The standard InChI is InChI=1S/C16H14S/c1-10-8-13-15(9-10)17-14-7-6-11-4-2-3-5-12(11)16(13)14/h2-5,9H,6-8H2,1H3. The normalized spacial score (nSPS) is 16.2. The lowest BCUT2D eigenvalue weighted by molar-refractivity contribution is 0.959. The first kappa shape index (κ1) is 9.67. The fourth-order valence-corrected chi connectivity index (χ4v) is 4.46. The minimum Gasteiger partial charge on any atom is -0.140 e. The molecule has 1 heteroatoms. The van der Waals surface area contributed by atoms with Crippen LogP contribution in [0.2, 0.25) is 0 Å². The molecule has 0 spiro atoms. The highest BCUT2D eigenvalue weighted by Crippen LogP contribution is 2.46. The van der Waals surface area contributed by atoms with Crippen molar-refractivity contribution in [3.8, 4) is 11.1 Å². The monoisotopic (exact) mass is 238 g/mol. The number of allylic oxidation sites excluding steroid dienone is 1. The van der Waals surface area contributed by atoms with Crippen LogP contribution in [-0.2, 0) is 19.3 Å². The van der Waals surface area contributed by atoms with E-state index in [1.807, 2.05) is 11.3 Å². The molecule has 2 aliphatic rings. The number of thiophene rings is 1. The summed E-state index contributed by atoms with van der Waals surface area (Å²) >= 11 is 2.02. The van der Waals surface area contributed by atoms with Gasteiger partial charge in [0.05, 0.1) is 0 Å². The molecule has 1 aromatic carbocycles. The second-order valence-corrected chi connectivity index (χ2v) is 6.20. The van der Waals surface area contributed by atoms with Crippen molar-refractivity contribution in [2.45, 2.75) is 26.2 Å². The van der Waals surface area contributed by atoms with Crippen LogP contribution in [0.15, 0.2) is 29.8 Å². The third kappa shape index (κ3) is 1.29. The Morgan fingerprint density at radius 1 is 1.12 bits per heavy atom. The molecule has 0 aliphatic heterocycles. The summed E-state index contributed by atoms with van der Waals surface area (Å²) < 4.78 is 0. The Balaban J connectivity index is 2.00. The minimum atomic E-state index is 1.16. The van der Waals surface area contributed by atoms with Gasteiger partial charge >= 0.3 is 0 Å². The fraction of sp³-hybridized carbons (Fsp3) is 0.250. The highest BCUT2D eigenvalue weighted by molar-refractivity contribution is 7.13. The van der Waals surface area contributed by atoms with Crippen LogP contribution in [0.25, 0.3) is 17.2 Å². The molecule has 0 N–H and O–H groups in total. The van der Waals surface area contributed by atoms with Crippen molar-refractivity contribution in [2.75, 3.05) is 0 Å². The van der Waals surface area contributed by atoms with E-state index in [1.165, 1.54) is 34.4 Å². The third-order valence-corrected chi connectivity index (χ3v) is 5.09. The van der Waals surface area contributed by atoms with Crippen molar-refractivity contribution in [3.05, 3.63) is 50.7 Å². The number of rotatable bonds is 0. The zero-order chi connectivity index (χ0) is 11.4. The first-order valence-corrected chi connectivity index (χ1v) is 7.04. The first-order chi connectivity index (χ1) is 8.33. The Morgan fingerprint density at radius 2 is 2.00 bits per heavy atom. The SMILES string of the molecule is CC1=Cc2sc3c(c2C1)-c1ccccc1CC3. The van der Waals surface area contributed by atoms with E-state index < -0.39 is 0 Å². The molecule has 0 saturated carbocycles. The van der Waals surface area contributed by atoms with E-state index >= 15 is 0 Å². The summed E-state index contributed by atoms with van der Waals surface area (Å²) in [7, 11) is 0. The summed E-state index contributed by atoms with van der Waals surface area (Å²) in [6.45, 7) is 2.24. The zero-order valence-corrected chi connectivity index (χ0v) is 10.7. The number of hydrogen-bond donors (Lipinski definition) is 0. The highest BCUT2D eigenvalue weighted by atomic mass is 32.1. The Labute approximate surface area is 106 Å². The molecule has 1 aromatic heterocycles. The molecule has 4 rings (SSSR count). The molecule has 17 heavy (non-hydrogen) atoms. The largest absolute Gasteiger partial charge is 0.140 e. The lowest BCUT2D eigenvalue weighted by atomic mass is 9.87. The molecule has 2 aliphatic carbocycles. The van der Waals surface area contributed by atoms with Gasteiger partial charge in [-0.15, -0.1) is 11.3 Å². The molecule has 2 aromatic rings. The molecule has 84 valence electrons. The lowest BCUT2D eigenvalue weighted by Gasteiger charge is -2.17. The summed E-state index contributed by atoms with van der Waals surface area (Å²) in [6.07, 6.45) is 5.98. The van der Waals surface area contributed by atoms with Crippen LogP contribution in [0.1, 0.15) is 27.8 Å². The first-order valence-electron chi connectivity index (χ1n) is 6.23. The quantitative estimate of drug-likeness (QED) is 0.635. The molecular weight excluding hydrogens is 224 g/mol. The van der Waals surface area contributed by atoms with Crippen LogP contribution >= 0.6 is 11.3 Å². The van der Waals surface area contributed by atoms with E-state index in [1.54, 1.807) is 16.0 Å². The van der Waals surface area contributed by atoms with Crippen LogP contribution < -0.4 is 0 Å². The van der Waals surface area contributed by atoms with Gasteiger partial charge in [-0.3, -0.25) is 0 Å². The predicted octanol–water partition coefficient (Wildman–Crippen LogP) is 4.47. The summed E-state index contributed by atoms with van der Waals surface area (Å²) in [4.78, 5) is 3.13. The van der Waals surface area contributed by atoms with Gasteiger partial charge in [-0.2, -0.15) is 0 Å². The molecule has 0 fully saturated rings. The second-order valence-electron chi connectivity index (χ2n) is 5.07. The fourth-order valence-electron chi connectivity index (χ4n) is 3.10. The van der Waals surface area contributed by atoms with Crippen LogP contribution in [0, 0.1) is 0 Å². The number of hydrogen-bond acceptors (Lipinski definition) is 1. The van der Waals surface area contributed by atoms with E-state index in [9.17, 15) is 0 Å². The summed E-state index contributed by atoms with van der Waals surface area (Å²) in [5, 5.41) is 0. The minimum absolute atomic E-state index is 1.16. The summed E-state index contributed by atoms with van der Waals surface area (Å²) in [5.41, 5.74) is 7.70.